The largest absolute Gasteiger partial charge is 0.507 e. The van der Waals surface area contributed by atoms with Gasteiger partial charge in [0, 0.05) is 35.5 Å². The molecule has 0 bridgehead atoms. The molecule has 1 N–H and O–H groups in total. The summed E-state index contributed by atoms with van der Waals surface area (Å²) in [5, 5.41) is 17.3. The second-order valence-corrected chi connectivity index (χ2v) is 6.96. The van der Waals surface area contributed by atoms with Crippen LogP contribution >= 0.6 is 0 Å². The van der Waals surface area contributed by atoms with Crippen molar-refractivity contribution < 1.29 is 9.84 Å². The third-order valence-electron chi connectivity index (χ3n) is 5.15. The molecule has 27 heavy (non-hydrogen) atoms. The number of para-hydroxylation sites is 1. The van der Waals surface area contributed by atoms with E-state index in [1.54, 1.807) is 18.5 Å². The SMILES string of the molecule is Cc1ccc(O)c(C2=NN3[C@@H](c4ccncc4)Oc4ccccc4[C@@H]3C2)c1. The third kappa shape index (κ3) is 2.63. The maximum atomic E-state index is 10.4. The summed E-state index contributed by atoms with van der Waals surface area (Å²) < 4.78 is 6.30. The van der Waals surface area contributed by atoms with Gasteiger partial charge in [-0.25, -0.2) is 5.01 Å². The first-order valence-corrected chi connectivity index (χ1v) is 9.02. The molecule has 3 heterocycles. The molecule has 5 heteroatoms. The number of pyridine rings is 1. The van der Waals surface area contributed by atoms with Gasteiger partial charge in [-0.1, -0.05) is 29.8 Å². The number of aromatic nitrogens is 1. The Bertz CT molecular complexity index is 1030. The van der Waals surface area contributed by atoms with Gasteiger partial charge >= 0.3 is 0 Å². The predicted octanol–water partition coefficient (Wildman–Crippen LogP) is 4.34. The van der Waals surface area contributed by atoms with Gasteiger partial charge in [-0.2, -0.15) is 5.10 Å². The van der Waals surface area contributed by atoms with E-state index in [0.29, 0.717) is 0 Å². The number of hydrazone groups is 1. The molecule has 0 spiro atoms. The molecule has 0 saturated carbocycles. The van der Waals surface area contributed by atoms with Crippen LogP contribution in [0.3, 0.4) is 0 Å². The van der Waals surface area contributed by atoms with Crippen molar-refractivity contribution in [2.75, 3.05) is 0 Å². The molecule has 0 amide bonds. The van der Waals surface area contributed by atoms with Gasteiger partial charge in [0.05, 0.1) is 11.8 Å². The van der Waals surface area contributed by atoms with Crippen molar-refractivity contribution in [1.29, 1.82) is 0 Å². The van der Waals surface area contributed by atoms with Crippen molar-refractivity contribution in [2.45, 2.75) is 25.6 Å². The lowest BCUT2D eigenvalue weighted by Crippen LogP contribution is -2.33. The predicted molar refractivity (Wildman–Crippen MR) is 103 cm³/mol. The molecule has 0 radical (unpaired) electrons. The molecule has 2 aromatic carbocycles. The zero-order valence-corrected chi connectivity index (χ0v) is 14.9. The fourth-order valence-electron chi connectivity index (χ4n) is 3.83. The van der Waals surface area contributed by atoms with Crippen LogP contribution in [0.4, 0.5) is 0 Å². The number of phenolic OH excluding ortho intramolecular Hbond substituents is 1. The summed E-state index contributed by atoms with van der Waals surface area (Å²) in [7, 11) is 0. The summed E-state index contributed by atoms with van der Waals surface area (Å²) in [6.45, 7) is 2.02. The minimum absolute atomic E-state index is 0.0722. The van der Waals surface area contributed by atoms with Crippen LogP contribution in [0.1, 0.15) is 40.9 Å². The quantitative estimate of drug-likeness (QED) is 0.741. The van der Waals surface area contributed by atoms with Crippen LogP contribution in [-0.2, 0) is 0 Å². The van der Waals surface area contributed by atoms with Crippen LogP contribution in [0.2, 0.25) is 0 Å². The molecule has 0 unspecified atom stereocenters. The van der Waals surface area contributed by atoms with Crippen LogP contribution < -0.4 is 4.74 Å². The minimum Gasteiger partial charge on any atom is -0.507 e. The highest BCUT2D eigenvalue weighted by Gasteiger charge is 2.41. The van der Waals surface area contributed by atoms with E-state index in [9.17, 15) is 5.11 Å². The fourth-order valence-corrected chi connectivity index (χ4v) is 3.83. The number of phenols is 1. The zero-order valence-electron chi connectivity index (χ0n) is 14.9. The van der Waals surface area contributed by atoms with Crippen molar-refractivity contribution in [3.8, 4) is 11.5 Å². The van der Waals surface area contributed by atoms with E-state index in [1.807, 2.05) is 54.4 Å². The van der Waals surface area contributed by atoms with Crippen molar-refractivity contribution in [3.63, 3.8) is 0 Å². The average molecular weight is 357 g/mol. The van der Waals surface area contributed by atoms with E-state index in [-0.39, 0.29) is 18.0 Å². The molecule has 0 fully saturated rings. The van der Waals surface area contributed by atoms with E-state index in [1.165, 1.54) is 0 Å². The molecule has 0 aliphatic carbocycles. The van der Waals surface area contributed by atoms with Crippen molar-refractivity contribution in [2.24, 2.45) is 5.10 Å². The number of ether oxygens (including phenoxy) is 1. The second-order valence-electron chi connectivity index (χ2n) is 6.96. The Labute approximate surface area is 157 Å². The lowest BCUT2D eigenvalue weighted by molar-refractivity contribution is -0.0190. The molecule has 3 aromatic rings. The zero-order chi connectivity index (χ0) is 18.4. The minimum atomic E-state index is -0.322. The maximum absolute atomic E-state index is 10.4. The third-order valence-corrected chi connectivity index (χ3v) is 5.15. The fraction of sp³-hybridized carbons (Fsp3) is 0.182. The van der Waals surface area contributed by atoms with Crippen molar-refractivity contribution in [1.82, 2.24) is 9.99 Å². The smallest absolute Gasteiger partial charge is 0.213 e. The molecular weight excluding hydrogens is 338 g/mol. The topological polar surface area (TPSA) is 58.0 Å². The molecular formula is C22H19N3O2. The molecule has 134 valence electrons. The molecule has 0 saturated heterocycles. The Hall–Kier alpha value is -3.34. The highest BCUT2D eigenvalue weighted by atomic mass is 16.5. The Kier molecular flexibility index (Phi) is 3.60. The van der Waals surface area contributed by atoms with E-state index in [4.69, 9.17) is 9.84 Å². The summed E-state index contributed by atoms with van der Waals surface area (Å²) in [6.07, 6.45) is 3.93. The molecule has 5 rings (SSSR count). The number of hydrogen-bond acceptors (Lipinski definition) is 5. The Morgan fingerprint density at radius 2 is 1.89 bits per heavy atom. The number of aromatic hydroxyl groups is 1. The summed E-state index contributed by atoms with van der Waals surface area (Å²) in [5.41, 5.74) is 4.88. The van der Waals surface area contributed by atoms with Crippen LogP contribution in [0.25, 0.3) is 0 Å². The molecule has 1 aromatic heterocycles. The summed E-state index contributed by atoms with van der Waals surface area (Å²) in [4.78, 5) is 4.11. The van der Waals surface area contributed by atoms with Crippen molar-refractivity contribution >= 4 is 5.71 Å². The Balaban J connectivity index is 1.62. The first kappa shape index (κ1) is 15.9. The molecule has 2 aliphatic heterocycles. The number of benzene rings is 2. The van der Waals surface area contributed by atoms with Gasteiger partial charge in [0.1, 0.15) is 11.5 Å². The number of nitrogens with zero attached hydrogens (tertiary/aromatic N) is 3. The maximum Gasteiger partial charge on any atom is 0.213 e. The van der Waals surface area contributed by atoms with Crippen LogP contribution in [0, 0.1) is 6.92 Å². The molecule has 2 atom stereocenters. The van der Waals surface area contributed by atoms with Crippen LogP contribution in [0.15, 0.2) is 72.1 Å². The van der Waals surface area contributed by atoms with Gasteiger partial charge in [-0.05, 0) is 37.3 Å². The summed E-state index contributed by atoms with van der Waals surface area (Å²) in [5.74, 6) is 1.14. The van der Waals surface area contributed by atoms with E-state index in [0.717, 1.165) is 40.1 Å². The monoisotopic (exact) mass is 357 g/mol. The average Bonchev–Trinajstić information content (AvgIpc) is 3.15. The summed E-state index contributed by atoms with van der Waals surface area (Å²) >= 11 is 0. The van der Waals surface area contributed by atoms with E-state index < -0.39 is 0 Å². The number of fused-ring (bicyclic) bond motifs is 3. The number of rotatable bonds is 2. The molecule has 2 aliphatic rings. The van der Waals surface area contributed by atoms with Crippen molar-refractivity contribution in [3.05, 3.63) is 89.2 Å². The standard InChI is InChI=1S/C22H19N3O2/c1-14-6-7-20(26)17(12-14)18-13-19-16-4-2-3-5-21(16)27-22(25(19)24-18)15-8-10-23-11-9-15/h2-12,19,22,26H,13H2,1H3/t19-,22+/m0/s1. The Morgan fingerprint density at radius 1 is 1.07 bits per heavy atom. The van der Waals surface area contributed by atoms with Gasteiger partial charge in [-0.3, -0.25) is 4.98 Å². The Morgan fingerprint density at radius 3 is 2.74 bits per heavy atom. The lowest BCUT2D eigenvalue weighted by atomic mass is 9.95. The number of aryl methyl sites for hydroxylation is 1. The molecule has 5 nitrogen and oxygen atoms in total. The second kappa shape index (κ2) is 6.13. The number of hydrogen-bond donors (Lipinski definition) is 1. The van der Waals surface area contributed by atoms with Gasteiger partial charge in [0.25, 0.3) is 0 Å². The highest BCUT2D eigenvalue weighted by Crippen LogP contribution is 2.47. The van der Waals surface area contributed by atoms with Gasteiger partial charge < -0.3 is 9.84 Å². The van der Waals surface area contributed by atoms with Crippen LogP contribution in [-0.4, -0.2) is 20.8 Å². The highest BCUT2D eigenvalue weighted by molar-refractivity contribution is 6.04. The normalized spacial score (nSPS) is 20.5. The first-order valence-electron chi connectivity index (χ1n) is 9.02. The van der Waals surface area contributed by atoms with Gasteiger partial charge in [0.15, 0.2) is 0 Å². The summed E-state index contributed by atoms with van der Waals surface area (Å²) in [6, 6.07) is 17.7. The first-order chi connectivity index (χ1) is 13.2. The lowest BCUT2D eigenvalue weighted by Gasteiger charge is -2.38. The van der Waals surface area contributed by atoms with E-state index in [2.05, 4.69) is 11.1 Å². The van der Waals surface area contributed by atoms with Gasteiger partial charge in [0.2, 0.25) is 6.23 Å². The van der Waals surface area contributed by atoms with Crippen LogP contribution in [0.5, 0.6) is 11.5 Å². The van der Waals surface area contributed by atoms with E-state index >= 15 is 0 Å². The van der Waals surface area contributed by atoms with Gasteiger partial charge in [-0.15, -0.1) is 0 Å².